The number of ether oxygens (including phenoxy) is 2. The van der Waals surface area contributed by atoms with Crippen LogP contribution >= 0.6 is 0 Å². The molecule has 0 bridgehead atoms. The fourth-order valence-corrected chi connectivity index (χ4v) is 4.49. The van der Waals surface area contributed by atoms with Gasteiger partial charge < -0.3 is 24.8 Å². The van der Waals surface area contributed by atoms with E-state index in [1.54, 1.807) is 19.1 Å². The van der Waals surface area contributed by atoms with Gasteiger partial charge in [-0.05, 0) is 51.2 Å². The highest BCUT2D eigenvalue weighted by Gasteiger charge is 2.62. The molecule has 0 radical (unpaired) electrons. The van der Waals surface area contributed by atoms with E-state index in [2.05, 4.69) is 10.3 Å². The second kappa shape index (κ2) is 12.2. The number of unbranched alkanes of at least 4 members (excludes halogenated alkanes) is 1. The van der Waals surface area contributed by atoms with Gasteiger partial charge in [-0.15, -0.1) is 0 Å². The van der Waals surface area contributed by atoms with Crippen molar-refractivity contribution < 1.29 is 33.0 Å². The fourth-order valence-electron chi connectivity index (χ4n) is 4.49. The van der Waals surface area contributed by atoms with Crippen LogP contribution in [0.25, 0.3) is 0 Å². The summed E-state index contributed by atoms with van der Waals surface area (Å²) in [5.41, 5.74) is -0.151. The Bertz CT molecular complexity index is 1040. The second-order valence-corrected chi connectivity index (χ2v) is 9.28. The van der Waals surface area contributed by atoms with Crippen molar-refractivity contribution in [3.8, 4) is 11.8 Å². The fraction of sp³-hybridized carbons (Fsp3) is 0.519. The number of amides is 2. The predicted octanol–water partition coefficient (Wildman–Crippen LogP) is 5.23. The van der Waals surface area contributed by atoms with Gasteiger partial charge in [0.2, 0.25) is 11.8 Å². The zero-order valence-corrected chi connectivity index (χ0v) is 21.5. The molecule has 1 fully saturated rings. The van der Waals surface area contributed by atoms with Gasteiger partial charge in [0.25, 0.3) is 5.92 Å². The summed E-state index contributed by atoms with van der Waals surface area (Å²) in [6.45, 7) is 6.50. The van der Waals surface area contributed by atoms with E-state index in [1.165, 1.54) is 10.5 Å². The molecule has 202 valence electrons. The van der Waals surface area contributed by atoms with E-state index in [-0.39, 0.29) is 0 Å². The highest BCUT2D eigenvalue weighted by Crippen LogP contribution is 2.46. The van der Waals surface area contributed by atoms with Gasteiger partial charge in [0, 0.05) is 31.5 Å². The third kappa shape index (κ3) is 7.30. The molecule has 1 aromatic carbocycles. The summed E-state index contributed by atoms with van der Waals surface area (Å²) in [7, 11) is 0. The highest BCUT2D eigenvalue weighted by atomic mass is 19.3. The molecule has 1 unspecified atom stereocenters. The van der Waals surface area contributed by atoms with Crippen LogP contribution in [0.5, 0.6) is 11.8 Å². The van der Waals surface area contributed by atoms with Crippen molar-refractivity contribution in [1.29, 1.82) is 0 Å². The molecule has 37 heavy (non-hydrogen) atoms. The number of carboxylic acid groups (broad SMARTS) is 1. The summed E-state index contributed by atoms with van der Waals surface area (Å²) in [5, 5.41) is 12.0. The molecule has 2 aromatic rings. The molecule has 0 spiro atoms. The number of hydrogen-bond acceptors (Lipinski definition) is 5. The van der Waals surface area contributed by atoms with Crippen LogP contribution < -0.4 is 14.8 Å². The van der Waals surface area contributed by atoms with Gasteiger partial charge in [0.15, 0.2) is 5.54 Å². The van der Waals surface area contributed by atoms with Gasteiger partial charge in [-0.1, -0.05) is 30.3 Å². The van der Waals surface area contributed by atoms with E-state index < -0.39 is 42.3 Å². The number of aromatic nitrogens is 1. The number of alkyl halides is 2. The molecule has 1 heterocycles. The lowest BCUT2D eigenvalue weighted by molar-refractivity contribution is -0.175. The Morgan fingerprint density at radius 1 is 1.08 bits per heavy atom. The third-order valence-electron chi connectivity index (χ3n) is 6.43. The summed E-state index contributed by atoms with van der Waals surface area (Å²) in [6, 6.07) is 12.1. The van der Waals surface area contributed by atoms with Crippen LogP contribution in [-0.4, -0.2) is 58.2 Å². The number of aliphatic carboxylic acids is 1. The van der Waals surface area contributed by atoms with Gasteiger partial charge in [-0.2, -0.15) is 4.98 Å². The number of carbonyl (C=O) groups excluding carboxylic acids is 1. The number of nitrogens with one attached hydrogen (secondary N) is 1. The van der Waals surface area contributed by atoms with E-state index in [1.807, 2.05) is 44.2 Å². The van der Waals surface area contributed by atoms with Crippen molar-refractivity contribution >= 4 is 12.0 Å². The lowest BCUT2D eigenvalue weighted by Crippen LogP contribution is -2.68. The molecular weight excluding hydrogens is 484 g/mol. The van der Waals surface area contributed by atoms with Crippen molar-refractivity contribution in [2.75, 3.05) is 19.8 Å². The number of pyridine rings is 1. The quantitative estimate of drug-likeness (QED) is 0.352. The van der Waals surface area contributed by atoms with Crippen molar-refractivity contribution in [3.63, 3.8) is 0 Å². The van der Waals surface area contributed by atoms with Crippen molar-refractivity contribution in [3.05, 3.63) is 53.6 Å². The molecule has 0 aliphatic heterocycles. The Labute approximate surface area is 216 Å². The van der Waals surface area contributed by atoms with E-state index in [4.69, 9.17) is 9.47 Å². The molecule has 2 N–H and O–H groups in total. The van der Waals surface area contributed by atoms with Crippen LogP contribution in [0.2, 0.25) is 0 Å². The Balaban J connectivity index is 1.81. The first-order valence-electron chi connectivity index (χ1n) is 12.6. The minimum Gasteiger partial charge on any atom is -0.479 e. The summed E-state index contributed by atoms with van der Waals surface area (Å²) >= 11 is 0. The maximum atomic E-state index is 13.6. The summed E-state index contributed by atoms with van der Waals surface area (Å²) in [4.78, 5) is 31.0. The largest absolute Gasteiger partial charge is 0.479 e. The standard InChI is InChI=1S/C27H35F2N3O5/c1-4-36-22-15-21(16-23(30-22)37-5-2)19(3)32(14-10-9-13-20-11-7-6-8-12-20)25(35)31-26(24(33)34)17-27(28,29)18-26/h6-8,11-12,15-16,19H,4-5,9-10,13-14,17-18H2,1-3H3,(H,31,35)(H,33,34). The van der Waals surface area contributed by atoms with Gasteiger partial charge in [0.1, 0.15) is 0 Å². The summed E-state index contributed by atoms with van der Waals surface area (Å²) in [5.74, 6) is -3.92. The summed E-state index contributed by atoms with van der Waals surface area (Å²) in [6.07, 6.45) is 0.358. The van der Waals surface area contributed by atoms with Gasteiger partial charge in [-0.25, -0.2) is 18.4 Å². The number of halogens is 2. The Kier molecular flexibility index (Phi) is 9.29. The zero-order chi connectivity index (χ0) is 27.1. The normalized spacial score (nSPS) is 16.2. The van der Waals surface area contributed by atoms with Crippen molar-refractivity contribution in [1.82, 2.24) is 15.2 Å². The van der Waals surface area contributed by atoms with Gasteiger partial charge in [-0.3, -0.25) is 0 Å². The van der Waals surface area contributed by atoms with E-state index in [9.17, 15) is 23.5 Å². The number of aryl methyl sites for hydroxylation is 1. The minimum atomic E-state index is -3.12. The van der Waals surface area contributed by atoms with Crippen LogP contribution in [0.15, 0.2) is 42.5 Å². The highest BCUT2D eigenvalue weighted by molar-refractivity contribution is 5.88. The number of hydrogen-bond donors (Lipinski definition) is 2. The predicted molar refractivity (Wildman–Crippen MR) is 134 cm³/mol. The minimum absolute atomic E-state index is 0.294. The monoisotopic (exact) mass is 519 g/mol. The molecule has 10 heteroatoms. The molecule has 8 nitrogen and oxygen atoms in total. The van der Waals surface area contributed by atoms with Crippen LogP contribution in [0.1, 0.15) is 63.6 Å². The van der Waals surface area contributed by atoms with Crippen LogP contribution in [0, 0.1) is 0 Å². The molecule has 1 aliphatic carbocycles. The molecular formula is C27H35F2N3O5. The number of carboxylic acids is 1. The molecule has 0 saturated heterocycles. The lowest BCUT2D eigenvalue weighted by atomic mass is 9.73. The third-order valence-corrected chi connectivity index (χ3v) is 6.43. The molecule has 1 saturated carbocycles. The number of nitrogens with zero attached hydrogens (tertiary/aromatic N) is 2. The molecule has 1 aliphatic rings. The first kappa shape index (κ1) is 28.1. The average molecular weight is 520 g/mol. The molecule has 1 aromatic heterocycles. The van der Waals surface area contributed by atoms with E-state index >= 15 is 0 Å². The molecule has 2 amide bonds. The van der Waals surface area contributed by atoms with E-state index in [0.29, 0.717) is 43.5 Å². The zero-order valence-electron chi connectivity index (χ0n) is 21.5. The van der Waals surface area contributed by atoms with Crippen molar-refractivity contribution in [2.24, 2.45) is 0 Å². The lowest BCUT2D eigenvalue weighted by Gasteiger charge is -2.45. The van der Waals surface area contributed by atoms with Crippen LogP contribution in [0.3, 0.4) is 0 Å². The van der Waals surface area contributed by atoms with Crippen LogP contribution in [0.4, 0.5) is 13.6 Å². The first-order valence-corrected chi connectivity index (χ1v) is 12.6. The molecule has 1 atom stereocenters. The number of benzene rings is 1. The van der Waals surface area contributed by atoms with Gasteiger partial charge in [0.05, 0.1) is 19.3 Å². The average Bonchev–Trinajstić information content (AvgIpc) is 2.83. The number of carbonyl (C=O) groups is 2. The summed E-state index contributed by atoms with van der Waals surface area (Å²) < 4.78 is 38.4. The smallest absolute Gasteiger partial charge is 0.329 e. The maximum Gasteiger partial charge on any atom is 0.329 e. The number of rotatable bonds is 13. The van der Waals surface area contributed by atoms with Crippen LogP contribution in [-0.2, 0) is 11.2 Å². The van der Waals surface area contributed by atoms with Gasteiger partial charge >= 0.3 is 12.0 Å². The Hall–Kier alpha value is -3.43. The SMILES string of the molecule is CCOc1cc(C(C)N(CCCCc2ccccc2)C(=O)NC2(C(=O)O)CC(F)(F)C2)cc(OCC)n1. The molecule has 3 rings (SSSR count). The van der Waals surface area contributed by atoms with Crippen molar-refractivity contribution in [2.45, 2.75) is 70.4 Å². The van der Waals surface area contributed by atoms with E-state index in [0.717, 1.165) is 12.8 Å². The topological polar surface area (TPSA) is 101 Å². The Morgan fingerprint density at radius 3 is 2.19 bits per heavy atom. The first-order chi connectivity index (χ1) is 17.6. The second-order valence-electron chi connectivity index (χ2n) is 9.28. The maximum absolute atomic E-state index is 13.6. The number of urea groups is 1. The Morgan fingerprint density at radius 2 is 1.68 bits per heavy atom.